The van der Waals surface area contributed by atoms with Crippen molar-refractivity contribution in [1.29, 1.82) is 0 Å². The van der Waals surface area contributed by atoms with E-state index < -0.39 is 7.12 Å². The van der Waals surface area contributed by atoms with Crippen LogP contribution >= 0.6 is 0 Å². The van der Waals surface area contributed by atoms with Gasteiger partial charge in [-0.15, -0.1) is 0 Å². The SMILES string of the molecule is Cc1ccc(-c2cc(B3OC(C)(C)C(C)(C)O3)ccc2-c2ccccc2-c2ccccc2)cc1. The number of benzene rings is 4. The fraction of sp³-hybridized carbons (Fsp3) is 0.226. The van der Waals surface area contributed by atoms with Crippen LogP contribution in [-0.2, 0) is 9.31 Å². The minimum atomic E-state index is -0.396. The van der Waals surface area contributed by atoms with Crippen molar-refractivity contribution in [3.8, 4) is 33.4 Å². The molecule has 1 aliphatic rings. The fourth-order valence-electron chi connectivity index (χ4n) is 4.48. The van der Waals surface area contributed by atoms with Gasteiger partial charge in [-0.05, 0) is 73.5 Å². The Bertz CT molecular complexity index is 1290. The Labute approximate surface area is 203 Å². The molecule has 170 valence electrons. The molecule has 1 saturated heterocycles. The zero-order valence-corrected chi connectivity index (χ0v) is 20.6. The maximum atomic E-state index is 6.38. The summed E-state index contributed by atoms with van der Waals surface area (Å²) < 4.78 is 12.8. The van der Waals surface area contributed by atoms with Gasteiger partial charge in [0.25, 0.3) is 0 Å². The van der Waals surface area contributed by atoms with Gasteiger partial charge in [-0.2, -0.15) is 0 Å². The van der Waals surface area contributed by atoms with Crippen LogP contribution in [0.4, 0.5) is 0 Å². The number of aryl methyl sites for hydroxylation is 1. The van der Waals surface area contributed by atoms with E-state index in [4.69, 9.17) is 9.31 Å². The maximum Gasteiger partial charge on any atom is 0.494 e. The summed E-state index contributed by atoms with van der Waals surface area (Å²) >= 11 is 0. The van der Waals surface area contributed by atoms with Crippen molar-refractivity contribution >= 4 is 12.6 Å². The number of hydrogen-bond acceptors (Lipinski definition) is 2. The molecule has 4 aromatic carbocycles. The molecular weight excluding hydrogens is 415 g/mol. The monoisotopic (exact) mass is 446 g/mol. The lowest BCUT2D eigenvalue weighted by Gasteiger charge is -2.32. The van der Waals surface area contributed by atoms with Crippen LogP contribution in [0.2, 0.25) is 0 Å². The van der Waals surface area contributed by atoms with Crippen molar-refractivity contribution in [2.75, 3.05) is 0 Å². The molecule has 0 N–H and O–H groups in total. The molecule has 1 fully saturated rings. The van der Waals surface area contributed by atoms with Crippen LogP contribution in [0.1, 0.15) is 33.3 Å². The van der Waals surface area contributed by atoms with Crippen LogP contribution in [0.5, 0.6) is 0 Å². The number of hydrogen-bond donors (Lipinski definition) is 0. The third-order valence-electron chi connectivity index (χ3n) is 7.23. The summed E-state index contributed by atoms with van der Waals surface area (Å²) in [6.07, 6.45) is 0. The highest BCUT2D eigenvalue weighted by Crippen LogP contribution is 2.40. The predicted octanol–water partition coefficient (Wildman–Crippen LogP) is 7.30. The lowest BCUT2D eigenvalue weighted by atomic mass is 9.76. The van der Waals surface area contributed by atoms with Crippen LogP contribution < -0.4 is 5.46 Å². The van der Waals surface area contributed by atoms with E-state index in [1.54, 1.807) is 0 Å². The fourth-order valence-corrected chi connectivity index (χ4v) is 4.48. The van der Waals surface area contributed by atoms with E-state index in [0.29, 0.717) is 0 Å². The molecule has 0 radical (unpaired) electrons. The standard InChI is InChI=1S/C31H31BO2/c1-22-15-17-24(18-16-22)29-21-25(32-33-30(2,3)31(4,5)34-32)19-20-28(29)27-14-10-9-13-26(27)23-11-7-6-8-12-23/h6-21H,1-5H3. The van der Waals surface area contributed by atoms with Gasteiger partial charge in [0.05, 0.1) is 11.2 Å². The highest BCUT2D eigenvalue weighted by molar-refractivity contribution is 6.62. The van der Waals surface area contributed by atoms with E-state index in [1.807, 2.05) is 0 Å². The predicted molar refractivity (Wildman–Crippen MR) is 143 cm³/mol. The lowest BCUT2D eigenvalue weighted by molar-refractivity contribution is 0.00578. The molecule has 0 aliphatic carbocycles. The molecule has 34 heavy (non-hydrogen) atoms. The first-order valence-corrected chi connectivity index (χ1v) is 12.0. The van der Waals surface area contributed by atoms with Crippen molar-refractivity contribution in [2.24, 2.45) is 0 Å². The Morgan fingerprint density at radius 1 is 0.529 bits per heavy atom. The summed E-state index contributed by atoms with van der Waals surface area (Å²) in [4.78, 5) is 0. The molecular formula is C31H31BO2. The summed E-state index contributed by atoms with van der Waals surface area (Å²) in [5.74, 6) is 0. The van der Waals surface area contributed by atoms with E-state index in [-0.39, 0.29) is 11.2 Å². The van der Waals surface area contributed by atoms with Crippen LogP contribution in [0.15, 0.2) is 97.1 Å². The quantitative estimate of drug-likeness (QED) is 0.306. The van der Waals surface area contributed by atoms with E-state index >= 15 is 0 Å². The highest BCUT2D eigenvalue weighted by atomic mass is 16.7. The topological polar surface area (TPSA) is 18.5 Å². The molecule has 1 heterocycles. The summed E-state index contributed by atoms with van der Waals surface area (Å²) in [6.45, 7) is 10.5. The molecule has 2 nitrogen and oxygen atoms in total. The molecule has 1 aliphatic heterocycles. The van der Waals surface area contributed by atoms with Crippen LogP contribution in [0, 0.1) is 6.92 Å². The molecule has 0 bridgehead atoms. The smallest absolute Gasteiger partial charge is 0.399 e. The van der Waals surface area contributed by atoms with E-state index in [0.717, 1.165) is 5.46 Å². The largest absolute Gasteiger partial charge is 0.494 e. The van der Waals surface area contributed by atoms with Gasteiger partial charge in [0.1, 0.15) is 0 Å². The Hall–Kier alpha value is -3.14. The minimum Gasteiger partial charge on any atom is -0.399 e. The maximum absolute atomic E-state index is 6.38. The van der Waals surface area contributed by atoms with E-state index in [1.165, 1.54) is 38.9 Å². The first kappa shape index (κ1) is 22.6. The summed E-state index contributed by atoms with van der Waals surface area (Å²) in [5.41, 5.74) is 8.74. The summed E-state index contributed by atoms with van der Waals surface area (Å²) in [7, 11) is -0.396. The van der Waals surface area contributed by atoms with Gasteiger partial charge < -0.3 is 9.31 Å². The average molecular weight is 446 g/mol. The Kier molecular flexibility index (Phi) is 5.71. The molecule has 0 saturated carbocycles. The van der Waals surface area contributed by atoms with Gasteiger partial charge in [0, 0.05) is 0 Å². The van der Waals surface area contributed by atoms with Crippen molar-refractivity contribution in [3.63, 3.8) is 0 Å². The zero-order chi connectivity index (χ0) is 23.9. The first-order valence-electron chi connectivity index (χ1n) is 12.0. The van der Waals surface area contributed by atoms with Gasteiger partial charge in [-0.3, -0.25) is 0 Å². The van der Waals surface area contributed by atoms with E-state index in [2.05, 4.69) is 132 Å². The lowest BCUT2D eigenvalue weighted by Crippen LogP contribution is -2.41. The second kappa shape index (κ2) is 8.58. The van der Waals surface area contributed by atoms with Crippen LogP contribution in [0.25, 0.3) is 33.4 Å². The van der Waals surface area contributed by atoms with Crippen molar-refractivity contribution in [1.82, 2.24) is 0 Å². The molecule has 0 amide bonds. The Morgan fingerprint density at radius 2 is 1.06 bits per heavy atom. The zero-order valence-electron chi connectivity index (χ0n) is 20.6. The van der Waals surface area contributed by atoms with Gasteiger partial charge in [-0.25, -0.2) is 0 Å². The molecule has 0 aromatic heterocycles. The molecule has 3 heteroatoms. The van der Waals surface area contributed by atoms with Crippen LogP contribution in [-0.4, -0.2) is 18.3 Å². The average Bonchev–Trinajstić information content (AvgIpc) is 3.06. The summed E-state index contributed by atoms with van der Waals surface area (Å²) in [5, 5.41) is 0. The second-order valence-corrected chi connectivity index (χ2v) is 10.2. The Morgan fingerprint density at radius 3 is 1.71 bits per heavy atom. The molecule has 5 rings (SSSR count). The second-order valence-electron chi connectivity index (χ2n) is 10.2. The third kappa shape index (κ3) is 4.11. The normalized spacial score (nSPS) is 16.6. The van der Waals surface area contributed by atoms with Gasteiger partial charge in [0.15, 0.2) is 0 Å². The molecule has 0 unspecified atom stereocenters. The van der Waals surface area contributed by atoms with Crippen molar-refractivity contribution < 1.29 is 9.31 Å². The molecule has 0 atom stereocenters. The van der Waals surface area contributed by atoms with Gasteiger partial charge in [-0.1, -0.05) is 103 Å². The van der Waals surface area contributed by atoms with E-state index in [9.17, 15) is 0 Å². The first-order chi connectivity index (χ1) is 16.2. The highest BCUT2D eigenvalue weighted by Gasteiger charge is 2.51. The van der Waals surface area contributed by atoms with Crippen molar-refractivity contribution in [2.45, 2.75) is 45.8 Å². The van der Waals surface area contributed by atoms with Crippen LogP contribution in [0.3, 0.4) is 0 Å². The molecule has 0 spiro atoms. The Balaban J connectivity index is 1.67. The number of rotatable bonds is 4. The third-order valence-corrected chi connectivity index (χ3v) is 7.23. The minimum absolute atomic E-state index is 0.375. The molecule has 4 aromatic rings. The van der Waals surface area contributed by atoms with Gasteiger partial charge in [0.2, 0.25) is 0 Å². The van der Waals surface area contributed by atoms with Crippen molar-refractivity contribution in [3.05, 3.63) is 103 Å². The summed E-state index contributed by atoms with van der Waals surface area (Å²) in [6, 6.07) is 34.6. The van der Waals surface area contributed by atoms with Gasteiger partial charge >= 0.3 is 7.12 Å².